The number of benzene rings is 1. The van der Waals surface area contributed by atoms with Crippen LogP contribution in [-0.2, 0) is 18.0 Å². The van der Waals surface area contributed by atoms with Crippen LogP contribution < -0.4 is 10.6 Å². The number of rotatable bonds is 8. The van der Waals surface area contributed by atoms with Crippen molar-refractivity contribution in [3.8, 4) is 0 Å². The van der Waals surface area contributed by atoms with Crippen LogP contribution in [-0.4, -0.2) is 36.9 Å². The second kappa shape index (κ2) is 8.83. The van der Waals surface area contributed by atoms with E-state index in [4.69, 9.17) is 16.3 Å². The van der Waals surface area contributed by atoms with E-state index in [1.54, 1.807) is 6.07 Å². The molecule has 8 nitrogen and oxygen atoms in total. The lowest BCUT2D eigenvalue weighted by atomic mass is 9.52. The molecule has 4 fully saturated rings. The SMILES string of the molecule is OC12CC3CC(C1)C(Nc1nc(Cl)cc(Nc4cc(COCc5ccccc5)[nH]n4)n1)C(C3)C2. The van der Waals surface area contributed by atoms with Crippen molar-refractivity contribution in [2.45, 2.75) is 57.0 Å². The Balaban J connectivity index is 1.09. The summed E-state index contributed by atoms with van der Waals surface area (Å²) in [7, 11) is 0. The van der Waals surface area contributed by atoms with Gasteiger partial charge in [-0.05, 0) is 55.4 Å². The van der Waals surface area contributed by atoms with E-state index in [0.29, 0.717) is 53.7 Å². The van der Waals surface area contributed by atoms with E-state index in [1.165, 1.54) is 12.8 Å². The molecule has 4 aliphatic carbocycles. The summed E-state index contributed by atoms with van der Waals surface area (Å²) in [5, 5.41) is 25.3. The highest BCUT2D eigenvalue weighted by molar-refractivity contribution is 6.29. The number of H-pyrrole nitrogens is 1. The normalized spacial score (nSPS) is 29.4. The zero-order valence-corrected chi connectivity index (χ0v) is 19.6. The van der Waals surface area contributed by atoms with Crippen LogP contribution in [0.4, 0.5) is 17.6 Å². The lowest BCUT2D eigenvalue weighted by Gasteiger charge is -2.58. The number of aromatic amines is 1. The van der Waals surface area contributed by atoms with Crippen LogP contribution in [0.5, 0.6) is 0 Å². The van der Waals surface area contributed by atoms with Gasteiger partial charge in [-0.25, -0.2) is 4.98 Å². The van der Waals surface area contributed by atoms with Gasteiger partial charge < -0.3 is 20.5 Å². The quantitative estimate of drug-likeness (QED) is 0.347. The number of aromatic nitrogens is 4. The maximum Gasteiger partial charge on any atom is 0.226 e. The summed E-state index contributed by atoms with van der Waals surface area (Å²) in [5.74, 6) is 3.30. The molecule has 1 aromatic carbocycles. The molecular weight excluding hydrogens is 452 g/mol. The Hall–Kier alpha value is -2.68. The highest BCUT2D eigenvalue weighted by Crippen LogP contribution is 2.56. The third-order valence-corrected chi connectivity index (χ3v) is 7.68. The molecule has 2 heterocycles. The van der Waals surface area contributed by atoms with E-state index in [2.05, 4.69) is 30.8 Å². The molecule has 34 heavy (non-hydrogen) atoms. The van der Waals surface area contributed by atoms with Gasteiger partial charge in [-0.1, -0.05) is 41.9 Å². The smallest absolute Gasteiger partial charge is 0.226 e. The lowest BCUT2D eigenvalue weighted by Crippen LogP contribution is -2.59. The van der Waals surface area contributed by atoms with Crippen molar-refractivity contribution in [1.29, 1.82) is 0 Å². The van der Waals surface area contributed by atoms with Gasteiger partial charge in [0, 0.05) is 18.2 Å². The van der Waals surface area contributed by atoms with Crippen LogP contribution in [0.3, 0.4) is 0 Å². The van der Waals surface area contributed by atoms with Crippen molar-refractivity contribution in [2.75, 3.05) is 10.6 Å². The van der Waals surface area contributed by atoms with E-state index in [-0.39, 0.29) is 6.04 Å². The van der Waals surface area contributed by atoms with Gasteiger partial charge in [0.2, 0.25) is 5.95 Å². The monoisotopic (exact) mass is 480 g/mol. The summed E-state index contributed by atoms with van der Waals surface area (Å²) in [6, 6.07) is 13.9. The number of hydrogen-bond acceptors (Lipinski definition) is 7. The summed E-state index contributed by atoms with van der Waals surface area (Å²) in [6.45, 7) is 0.971. The molecule has 2 unspecified atom stereocenters. The topological polar surface area (TPSA) is 108 Å². The van der Waals surface area contributed by atoms with E-state index >= 15 is 0 Å². The van der Waals surface area contributed by atoms with Gasteiger partial charge in [-0.15, -0.1) is 0 Å². The average molecular weight is 481 g/mol. The third-order valence-electron chi connectivity index (χ3n) is 7.49. The number of anilines is 3. The maximum absolute atomic E-state index is 10.8. The van der Waals surface area contributed by atoms with Crippen molar-refractivity contribution in [3.05, 3.63) is 58.9 Å². The molecule has 9 heteroatoms. The third kappa shape index (κ3) is 4.62. The van der Waals surface area contributed by atoms with Crippen LogP contribution >= 0.6 is 11.6 Å². The summed E-state index contributed by atoms with van der Waals surface area (Å²) < 4.78 is 5.77. The van der Waals surface area contributed by atoms with Crippen LogP contribution in [0.25, 0.3) is 0 Å². The first-order chi connectivity index (χ1) is 16.5. The van der Waals surface area contributed by atoms with E-state index in [1.807, 2.05) is 36.4 Å². The van der Waals surface area contributed by atoms with Gasteiger partial charge in [0.15, 0.2) is 5.82 Å². The Bertz CT molecular complexity index is 1140. The second-order valence-electron chi connectivity index (χ2n) is 10.1. The molecular formula is C25H29ClN6O2. The lowest BCUT2D eigenvalue weighted by molar-refractivity contribution is -0.129. The first kappa shape index (κ1) is 21.8. The Morgan fingerprint density at radius 2 is 1.82 bits per heavy atom. The second-order valence-corrected chi connectivity index (χ2v) is 10.5. The molecule has 7 rings (SSSR count). The number of nitrogens with zero attached hydrogens (tertiary/aromatic N) is 3. The average Bonchev–Trinajstić information content (AvgIpc) is 3.22. The van der Waals surface area contributed by atoms with Crippen molar-refractivity contribution < 1.29 is 9.84 Å². The molecule has 0 aliphatic heterocycles. The van der Waals surface area contributed by atoms with Crippen LogP contribution in [0.1, 0.15) is 43.4 Å². The highest BCUT2D eigenvalue weighted by Gasteiger charge is 2.54. The molecule has 0 spiro atoms. The van der Waals surface area contributed by atoms with Crippen molar-refractivity contribution in [1.82, 2.24) is 20.2 Å². The Kier molecular flexibility index (Phi) is 5.67. The molecule has 0 amide bonds. The fourth-order valence-corrected chi connectivity index (χ4v) is 6.58. The number of halogens is 1. The van der Waals surface area contributed by atoms with Gasteiger partial charge in [0.25, 0.3) is 0 Å². The standard InChI is InChI=1S/C25H29ClN6O2/c26-20-9-21(28-22-8-19(31-32-22)14-34-13-15-4-2-1-3-5-15)29-24(27-20)30-23-17-6-16-7-18(23)12-25(33,10-16)11-17/h1-5,8-9,16-18,23,33H,6-7,10-14H2,(H3,27,28,29,30,31,32). The molecule has 4 saturated carbocycles. The molecule has 3 aromatic rings. The molecule has 4 aliphatic rings. The van der Waals surface area contributed by atoms with Crippen LogP contribution in [0.15, 0.2) is 42.5 Å². The molecule has 4 N–H and O–H groups in total. The minimum atomic E-state index is -0.459. The molecule has 4 bridgehead atoms. The van der Waals surface area contributed by atoms with E-state index in [0.717, 1.165) is 30.5 Å². The number of ether oxygens (including phenoxy) is 1. The van der Waals surface area contributed by atoms with Crippen molar-refractivity contribution in [2.24, 2.45) is 17.8 Å². The predicted octanol–water partition coefficient (Wildman–Crippen LogP) is 4.67. The van der Waals surface area contributed by atoms with Gasteiger partial charge in [0.05, 0.1) is 24.5 Å². The van der Waals surface area contributed by atoms with Crippen LogP contribution in [0, 0.1) is 17.8 Å². The molecule has 178 valence electrons. The summed E-state index contributed by atoms with van der Waals surface area (Å²) >= 11 is 6.32. The number of aliphatic hydroxyl groups is 1. The Labute approximate surface area is 203 Å². The fourth-order valence-electron chi connectivity index (χ4n) is 6.40. The van der Waals surface area contributed by atoms with Gasteiger partial charge >= 0.3 is 0 Å². The number of nitrogens with one attached hydrogen (secondary N) is 3. The largest absolute Gasteiger partial charge is 0.390 e. The minimum Gasteiger partial charge on any atom is -0.390 e. The van der Waals surface area contributed by atoms with Crippen molar-refractivity contribution >= 4 is 29.2 Å². The minimum absolute atomic E-state index is 0.280. The maximum atomic E-state index is 10.8. The zero-order valence-electron chi connectivity index (χ0n) is 18.9. The Morgan fingerprint density at radius 1 is 1.03 bits per heavy atom. The molecule has 0 radical (unpaired) electrons. The molecule has 0 saturated heterocycles. The van der Waals surface area contributed by atoms with Gasteiger partial charge in [0.1, 0.15) is 11.0 Å². The van der Waals surface area contributed by atoms with Crippen molar-refractivity contribution in [3.63, 3.8) is 0 Å². The van der Waals surface area contributed by atoms with E-state index in [9.17, 15) is 5.11 Å². The number of hydrogen-bond donors (Lipinski definition) is 4. The zero-order chi connectivity index (χ0) is 23.1. The highest BCUT2D eigenvalue weighted by atomic mass is 35.5. The first-order valence-electron chi connectivity index (χ1n) is 12.0. The summed E-state index contributed by atoms with van der Waals surface area (Å²) in [4.78, 5) is 9.05. The summed E-state index contributed by atoms with van der Waals surface area (Å²) in [6.07, 6.45) is 5.05. The molecule has 2 aromatic heterocycles. The van der Waals surface area contributed by atoms with E-state index < -0.39 is 5.60 Å². The van der Waals surface area contributed by atoms with Gasteiger partial charge in [-0.3, -0.25) is 5.10 Å². The Morgan fingerprint density at radius 3 is 2.59 bits per heavy atom. The predicted molar refractivity (Wildman–Crippen MR) is 130 cm³/mol. The fraction of sp³-hybridized carbons (Fsp3) is 0.480. The summed E-state index contributed by atoms with van der Waals surface area (Å²) in [5.41, 5.74) is 1.53. The molecule has 2 atom stereocenters. The van der Waals surface area contributed by atoms with Crippen LogP contribution in [0.2, 0.25) is 5.15 Å². The first-order valence-corrected chi connectivity index (χ1v) is 12.4. The van der Waals surface area contributed by atoms with Gasteiger partial charge in [-0.2, -0.15) is 10.1 Å².